The molecule has 142 valence electrons. The summed E-state index contributed by atoms with van der Waals surface area (Å²) in [5.74, 6) is -0.371. The van der Waals surface area contributed by atoms with Crippen molar-refractivity contribution in [2.75, 3.05) is 10.0 Å². The Morgan fingerprint density at radius 3 is 2.32 bits per heavy atom. The fraction of sp³-hybridized carbons (Fsp3) is 0. The third-order valence-corrected chi connectivity index (χ3v) is 6.77. The smallest absolute Gasteiger partial charge is 0.272 e. The van der Waals surface area contributed by atoms with E-state index in [1.54, 1.807) is 35.7 Å². The Morgan fingerprint density at radius 2 is 1.68 bits per heavy atom. The lowest BCUT2D eigenvalue weighted by Gasteiger charge is -2.13. The number of halogens is 2. The zero-order valence-corrected chi connectivity index (χ0v) is 16.4. The van der Waals surface area contributed by atoms with Crippen LogP contribution >= 0.6 is 22.9 Å². The molecule has 0 fully saturated rings. The third kappa shape index (κ3) is 3.77. The third-order valence-electron chi connectivity index (χ3n) is 3.74. The summed E-state index contributed by atoms with van der Waals surface area (Å²) in [5.41, 5.74) is 1.53. The fourth-order valence-corrected chi connectivity index (χ4v) is 4.65. The van der Waals surface area contributed by atoms with E-state index in [9.17, 15) is 12.8 Å². The first-order valence-electron chi connectivity index (χ1n) is 7.97. The molecule has 0 unspecified atom stereocenters. The van der Waals surface area contributed by atoms with Crippen LogP contribution < -0.4 is 10.0 Å². The highest BCUT2D eigenvalue weighted by molar-refractivity contribution is 7.94. The molecule has 0 saturated carbocycles. The Kier molecular flexibility index (Phi) is 4.88. The predicted octanol–water partition coefficient (Wildman–Crippen LogP) is 5.03. The molecule has 0 aliphatic carbocycles. The van der Waals surface area contributed by atoms with Gasteiger partial charge in [-0.2, -0.15) is 0 Å². The minimum atomic E-state index is -3.83. The lowest BCUT2D eigenvalue weighted by atomic mass is 10.3. The lowest BCUT2D eigenvalue weighted by molar-refractivity contribution is 0.603. The van der Waals surface area contributed by atoms with E-state index < -0.39 is 15.8 Å². The van der Waals surface area contributed by atoms with Gasteiger partial charge in [-0.1, -0.05) is 29.8 Å². The Hall–Kier alpha value is -2.75. The lowest BCUT2D eigenvalue weighted by Crippen LogP contribution is -2.15. The minimum absolute atomic E-state index is 0.0209. The van der Waals surface area contributed by atoms with E-state index in [2.05, 4.69) is 20.0 Å². The van der Waals surface area contributed by atoms with Gasteiger partial charge in [0.1, 0.15) is 10.0 Å². The SMILES string of the molecule is O=S(=O)(Nc1nc2ccccc2nc1Nc1ccc(F)c(Cl)c1)c1cccs1. The van der Waals surface area contributed by atoms with Gasteiger partial charge in [0.2, 0.25) is 0 Å². The van der Waals surface area contributed by atoms with E-state index in [-0.39, 0.29) is 20.9 Å². The van der Waals surface area contributed by atoms with E-state index in [0.29, 0.717) is 16.7 Å². The summed E-state index contributed by atoms with van der Waals surface area (Å²) in [7, 11) is -3.83. The van der Waals surface area contributed by atoms with Gasteiger partial charge in [0, 0.05) is 5.69 Å². The number of hydrogen-bond acceptors (Lipinski definition) is 6. The number of benzene rings is 2. The molecule has 0 saturated heterocycles. The minimum Gasteiger partial charge on any atom is -0.337 e. The van der Waals surface area contributed by atoms with Gasteiger partial charge in [-0.3, -0.25) is 4.72 Å². The fourth-order valence-electron chi connectivity index (χ4n) is 2.46. The largest absolute Gasteiger partial charge is 0.337 e. The van der Waals surface area contributed by atoms with Crippen LogP contribution in [0.4, 0.5) is 21.7 Å². The van der Waals surface area contributed by atoms with Gasteiger partial charge < -0.3 is 5.32 Å². The number of para-hydroxylation sites is 2. The molecule has 0 amide bonds. The monoisotopic (exact) mass is 434 g/mol. The van der Waals surface area contributed by atoms with E-state index >= 15 is 0 Å². The molecule has 0 atom stereocenters. The number of sulfonamides is 1. The topological polar surface area (TPSA) is 84.0 Å². The molecule has 0 aliphatic rings. The highest BCUT2D eigenvalue weighted by atomic mass is 35.5. The van der Waals surface area contributed by atoms with Crippen LogP contribution in [0.1, 0.15) is 0 Å². The van der Waals surface area contributed by atoms with E-state index in [0.717, 1.165) is 11.3 Å². The van der Waals surface area contributed by atoms with Gasteiger partial charge >= 0.3 is 0 Å². The Labute approximate surface area is 169 Å². The molecule has 2 aromatic carbocycles. The first-order chi connectivity index (χ1) is 13.4. The number of nitrogens with zero attached hydrogens (tertiary/aromatic N) is 2. The molecule has 0 aliphatic heterocycles. The van der Waals surface area contributed by atoms with Crippen molar-refractivity contribution in [1.29, 1.82) is 0 Å². The number of nitrogens with one attached hydrogen (secondary N) is 2. The maximum absolute atomic E-state index is 13.4. The Bertz CT molecular complexity index is 1260. The Balaban J connectivity index is 1.79. The van der Waals surface area contributed by atoms with Crippen LogP contribution in [0.2, 0.25) is 5.02 Å². The number of aromatic nitrogens is 2. The molecular formula is C18H12ClFN4O2S2. The number of anilines is 3. The molecule has 10 heteroatoms. The summed E-state index contributed by atoms with van der Waals surface area (Å²) >= 11 is 6.92. The van der Waals surface area contributed by atoms with Crippen molar-refractivity contribution in [2.45, 2.75) is 4.21 Å². The summed E-state index contributed by atoms with van der Waals surface area (Å²) in [5, 5.41) is 4.55. The van der Waals surface area contributed by atoms with Gasteiger partial charge in [0.25, 0.3) is 10.0 Å². The predicted molar refractivity (Wildman–Crippen MR) is 109 cm³/mol. The average molecular weight is 435 g/mol. The standard InChI is InChI=1S/C18H12ClFN4O2S2/c19-12-10-11(7-8-13(12)20)21-17-18(23-15-5-2-1-4-14(15)22-17)24-28(25,26)16-6-3-9-27-16/h1-10H,(H,21,22)(H,23,24). The van der Waals surface area contributed by atoms with Crippen LogP contribution in [0, 0.1) is 5.82 Å². The summed E-state index contributed by atoms with van der Waals surface area (Å²) < 4.78 is 41.3. The molecule has 2 heterocycles. The van der Waals surface area contributed by atoms with Crippen LogP contribution in [0.25, 0.3) is 11.0 Å². The highest BCUT2D eigenvalue weighted by Crippen LogP contribution is 2.29. The second-order valence-corrected chi connectivity index (χ2v) is 8.97. The molecule has 0 radical (unpaired) electrons. The number of thiophene rings is 1. The van der Waals surface area contributed by atoms with Gasteiger partial charge in [0.05, 0.1) is 16.1 Å². The average Bonchev–Trinajstić information content (AvgIpc) is 3.21. The molecular weight excluding hydrogens is 423 g/mol. The number of fused-ring (bicyclic) bond motifs is 1. The van der Waals surface area contributed by atoms with E-state index in [1.165, 1.54) is 24.3 Å². The zero-order valence-electron chi connectivity index (χ0n) is 14.1. The second kappa shape index (κ2) is 7.34. The quantitative estimate of drug-likeness (QED) is 0.460. The zero-order chi connectivity index (χ0) is 19.7. The molecule has 4 aromatic rings. The van der Waals surface area contributed by atoms with Crippen LogP contribution in [0.5, 0.6) is 0 Å². The van der Waals surface area contributed by atoms with Crippen molar-refractivity contribution in [1.82, 2.24) is 9.97 Å². The van der Waals surface area contributed by atoms with Crippen LogP contribution in [-0.4, -0.2) is 18.4 Å². The van der Waals surface area contributed by atoms with Crippen molar-refractivity contribution in [3.63, 3.8) is 0 Å². The molecule has 4 rings (SSSR count). The molecule has 0 spiro atoms. The van der Waals surface area contributed by atoms with Gasteiger partial charge in [-0.15, -0.1) is 11.3 Å². The summed E-state index contributed by atoms with van der Waals surface area (Å²) in [6.07, 6.45) is 0. The summed E-state index contributed by atoms with van der Waals surface area (Å²) in [6, 6.07) is 14.2. The van der Waals surface area contributed by atoms with E-state index in [1.807, 2.05) is 0 Å². The van der Waals surface area contributed by atoms with Gasteiger partial charge in [-0.25, -0.2) is 22.8 Å². The molecule has 2 N–H and O–H groups in total. The number of rotatable bonds is 5. The van der Waals surface area contributed by atoms with Gasteiger partial charge in [0.15, 0.2) is 11.6 Å². The number of hydrogen-bond donors (Lipinski definition) is 2. The summed E-state index contributed by atoms with van der Waals surface area (Å²) in [4.78, 5) is 8.84. The molecule has 2 aromatic heterocycles. The van der Waals surface area contributed by atoms with Crippen molar-refractivity contribution in [3.8, 4) is 0 Å². The molecule has 28 heavy (non-hydrogen) atoms. The van der Waals surface area contributed by atoms with Crippen LogP contribution in [-0.2, 0) is 10.0 Å². The molecule has 6 nitrogen and oxygen atoms in total. The normalized spacial score (nSPS) is 11.5. The van der Waals surface area contributed by atoms with Crippen molar-refractivity contribution < 1.29 is 12.8 Å². The van der Waals surface area contributed by atoms with Crippen LogP contribution in [0.3, 0.4) is 0 Å². The van der Waals surface area contributed by atoms with Gasteiger partial charge in [-0.05, 0) is 41.8 Å². The summed E-state index contributed by atoms with van der Waals surface area (Å²) in [6.45, 7) is 0. The maximum Gasteiger partial charge on any atom is 0.272 e. The first kappa shape index (κ1) is 18.6. The highest BCUT2D eigenvalue weighted by Gasteiger charge is 2.20. The van der Waals surface area contributed by atoms with Crippen LogP contribution in [0.15, 0.2) is 64.2 Å². The maximum atomic E-state index is 13.4. The van der Waals surface area contributed by atoms with E-state index in [4.69, 9.17) is 11.6 Å². The second-order valence-electron chi connectivity index (χ2n) is 5.70. The van der Waals surface area contributed by atoms with Crippen molar-refractivity contribution >= 4 is 61.3 Å². The molecule has 0 bridgehead atoms. The first-order valence-corrected chi connectivity index (χ1v) is 10.7. The Morgan fingerprint density at radius 1 is 0.964 bits per heavy atom. The van der Waals surface area contributed by atoms with Crippen molar-refractivity contribution in [2.24, 2.45) is 0 Å². The van der Waals surface area contributed by atoms with Crippen molar-refractivity contribution in [3.05, 3.63) is 70.8 Å².